The van der Waals surface area contributed by atoms with Crippen LogP contribution in [-0.4, -0.2) is 47.2 Å². The van der Waals surface area contributed by atoms with Crippen LogP contribution < -0.4 is 0 Å². The van der Waals surface area contributed by atoms with Gasteiger partial charge in [0, 0.05) is 17.2 Å². The molecule has 0 fully saturated rings. The predicted octanol–water partition coefficient (Wildman–Crippen LogP) is 3.72. The molecule has 0 spiro atoms. The van der Waals surface area contributed by atoms with Crippen LogP contribution in [0, 0.1) is 6.92 Å². The molecule has 0 saturated carbocycles. The van der Waals surface area contributed by atoms with Gasteiger partial charge in [0.2, 0.25) is 17.4 Å². The number of aromatic nitrogens is 2. The Kier molecular flexibility index (Phi) is 4.30. The van der Waals surface area contributed by atoms with Gasteiger partial charge in [-0.25, -0.2) is 4.68 Å². The van der Waals surface area contributed by atoms with E-state index in [1.54, 1.807) is 62.4 Å². The maximum Gasteiger partial charge on any atom is 0.407 e. The van der Waals surface area contributed by atoms with Crippen molar-refractivity contribution in [2.45, 2.75) is 13.8 Å². The predicted molar refractivity (Wildman–Crippen MR) is 119 cm³/mol. The Morgan fingerprint density at radius 3 is 2.09 bits per heavy atom. The molecule has 0 atom stereocenters. The first kappa shape index (κ1) is 19.5. The van der Waals surface area contributed by atoms with Gasteiger partial charge < -0.3 is 15.3 Å². The van der Waals surface area contributed by atoms with Gasteiger partial charge in [0.1, 0.15) is 17.0 Å². The van der Waals surface area contributed by atoms with Crippen molar-refractivity contribution in [3.8, 4) is 11.6 Å². The highest BCUT2D eigenvalue weighted by Gasteiger charge is 2.46. The molecular weight excluding hydrogens is 408 g/mol. The Bertz CT molecular complexity index is 1410. The summed E-state index contributed by atoms with van der Waals surface area (Å²) in [5.41, 5.74) is 2.26. The highest BCUT2D eigenvalue weighted by molar-refractivity contribution is 6.43. The first-order chi connectivity index (χ1) is 15.4. The van der Waals surface area contributed by atoms with Gasteiger partial charge in [-0.2, -0.15) is 5.10 Å². The van der Waals surface area contributed by atoms with E-state index in [1.807, 2.05) is 12.1 Å². The number of aromatic hydroxyl groups is 1. The zero-order valence-corrected chi connectivity index (χ0v) is 17.3. The Balaban J connectivity index is 1.63. The molecule has 0 saturated heterocycles. The molecule has 0 radical (unpaired) electrons. The molecule has 1 aliphatic heterocycles. The number of aliphatic hydroxyl groups excluding tert-OH is 2. The van der Waals surface area contributed by atoms with Gasteiger partial charge in [-0.3, -0.25) is 4.79 Å². The van der Waals surface area contributed by atoms with Crippen LogP contribution in [0.25, 0.3) is 11.3 Å². The molecule has 0 amide bonds. The number of aryl methyl sites for hydroxylation is 1. The van der Waals surface area contributed by atoms with Crippen LogP contribution in [-0.2, 0) is 4.79 Å². The fourth-order valence-electron chi connectivity index (χ4n) is 3.98. The van der Waals surface area contributed by atoms with Crippen molar-refractivity contribution in [2.75, 3.05) is 0 Å². The number of Topliss-reactive ketones (excluding diaryl/α,β-unsaturated/α-hetero) is 1. The van der Waals surface area contributed by atoms with E-state index in [9.17, 15) is 20.1 Å². The molecule has 1 aliphatic carbocycles. The standard InChI is InChI=1S/C24H18N4O4/c1-13-17(23(31)27(25-13)15-9-5-3-6-10-15)19-21(29)20(22(19)30)18-14(2)26-28(24(18)32)16-11-7-4-8-12-16/h3-12H,1-2H3,(H2,25,26,29,30,31,32)/p+1. The van der Waals surface area contributed by atoms with E-state index in [-0.39, 0.29) is 39.8 Å². The molecule has 2 heterocycles. The van der Waals surface area contributed by atoms with Crippen LogP contribution in [0.15, 0.2) is 82.7 Å². The molecule has 8 nitrogen and oxygen atoms in total. The topological polar surface area (TPSA) is 111 Å². The maximum atomic E-state index is 13.1. The minimum Gasteiger partial charge on any atom is -0.506 e. The van der Waals surface area contributed by atoms with Crippen LogP contribution in [0.5, 0.6) is 5.88 Å². The molecular formula is C24H19N4O4+. The summed E-state index contributed by atoms with van der Waals surface area (Å²) in [6.07, 6.45) is 0. The maximum absolute atomic E-state index is 13.1. The summed E-state index contributed by atoms with van der Waals surface area (Å²) in [4.78, 5) is 13.1. The Morgan fingerprint density at radius 2 is 1.47 bits per heavy atom. The van der Waals surface area contributed by atoms with E-state index >= 15 is 0 Å². The summed E-state index contributed by atoms with van der Waals surface area (Å²) in [5.74, 6) is -1.31. The first-order valence-corrected chi connectivity index (χ1v) is 9.94. The summed E-state index contributed by atoms with van der Waals surface area (Å²) in [5, 5.41) is 41.0. The Hall–Kier alpha value is -4.46. The third-order valence-corrected chi connectivity index (χ3v) is 5.50. The van der Waals surface area contributed by atoms with E-state index in [4.69, 9.17) is 0 Å². The number of aliphatic hydroxyl groups is 2. The Labute approximate surface area is 183 Å². The molecule has 5 rings (SSSR count). The molecule has 8 heteroatoms. The number of para-hydroxylation sites is 2. The number of allylic oxidation sites excluding steroid dienone is 2. The van der Waals surface area contributed by atoms with E-state index in [0.717, 1.165) is 0 Å². The van der Waals surface area contributed by atoms with Crippen LogP contribution in [0.2, 0.25) is 0 Å². The molecule has 158 valence electrons. The summed E-state index contributed by atoms with van der Waals surface area (Å²) in [7, 11) is 0. The number of hydrazone groups is 1. The lowest BCUT2D eigenvalue weighted by atomic mass is 9.80. The largest absolute Gasteiger partial charge is 0.506 e. The number of rotatable bonds is 3. The highest BCUT2D eigenvalue weighted by atomic mass is 16.3. The zero-order chi connectivity index (χ0) is 22.6. The average molecular weight is 427 g/mol. The summed E-state index contributed by atoms with van der Waals surface area (Å²) < 4.78 is 2.62. The lowest BCUT2D eigenvalue weighted by molar-refractivity contribution is -0.450. The van der Waals surface area contributed by atoms with Gasteiger partial charge in [-0.1, -0.05) is 36.4 Å². The Morgan fingerprint density at radius 1 is 0.844 bits per heavy atom. The lowest BCUT2D eigenvalue weighted by Gasteiger charge is -2.22. The summed E-state index contributed by atoms with van der Waals surface area (Å²) in [6.45, 7) is 3.30. The lowest BCUT2D eigenvalue weighted by Crippen LogP contribution is -2.27. The van der Waals surface area contributed by atoms with Gasteiger partial charge in [0.15, 0.2) is 0 Å². The molecule has 2 aromatic carbocycles. The molecule has 3 aromatic rings. The number of hydrogen-bond donors (Lipinski definition) is 3. The van der Waals surface area contributed by atoms with Crippen molar-refractivity contribution in [3.05, 3.63) is 88.8 Å². The number of ketones is 1. The van der Waals surface area contributed by atoms with Crippen LogP contribution >= 0.6 is 0 Å². The number of nitrogens with zero attached hydrogens (tertiary/aromatic N) is 4. The molecule has 3 N–H and O–H groups in total. The van der Waals surface area contributed by atoms with Gasteiger partial charge in [0.05, 0.1) is 28.1 Å². The van der Waals surface area contributed by atoms with Crippen molar-refractivity contribution in [2.24, 2.45) is 5.10 Å². The zero-order valence-electron chi connectivity index (χ0n) is 17.3. The van der Waals surface area contributed by atoms with Gasteiger partial charge >= 0.3 is 5.90 Å². The molecule has 0 bridgehead atoms. The SMILES string of the molecule is CC1=N[N+](c2ccccc2)=C(O)/C1=C1\C(=O)C(c2c(C)nn(-c3ccccc3)c2O)=C1O. The van der Waals surface area contributed by atoms with Crippen molar-refractivity contribution in [1.29, 1.82) is 0 Å². The normalized spacial score (nSPS) is 18.3. The number of benzene rings is 2. The quantitative estimate of drug-likeness (QED) is 0.436. The second kappa shape index (κ2) is 7.05. The van der Waals surface area contributed by atoms with E-state index in [0.29, 0.717) is 22.8 Å². The molecule has 2 aliphatic rings. The fourth-order valence-corrected chi connectivity index (χ4v) is 3.98. The fraction of sp³-hybridized carbons (Fsp3) is 0.0833. The summed E-state index contributed by atoms with van der Waals surface area (Å²) in [6, 6.07) is 18.0. The number of carbonyl (C=O) groups excluding carboxylic acids is 1. The smallest absolute Gasteiger partial charge is 0.407 e. The molecule has 1 aromatic heterocycles. The van der Waals surface area contributed by atoms with Crippen LogP contribution in [0.4, 0.5) is 5.69 Å². The van der Waals surface area contributed by atoms with E-state index < -0.39 is 5.78 Å². The van der Waals surface area contributed by atoms with Crippen molar-refractivity contribution >= 4 is 28.7 Å². The first-order valence-electron chi connectivity index (χ1n) is 9.94. The van der Waals surface area contributed by atoms with Crippen LogP contribution in [0.3, 0.4) is 0 Å². The van der Waals surface area contributed by atoms with E-state index in [2.05, 4.69) is 10.2 Å². The van der Waals surface area contributed by atoms with E-state index in [1.165, 1.54) is 9.37 Å². The van der Waals surface area contributed by atoms with Gasteiger partial charge in [-0.05, 0) is 30.7 Å². The summed E-state index contributed by atoms with van der Waals surface area (Å²) >= 11 is 0. The highest BCUT2D eigenvalue weighted by Crippen LogP contribution is 2.43. The second-order valence-electron chi connectivity index (χ2n) is 7.49. The van der Waals surface area contributed by atoms with Gasteiger partial charge in [-0.15, -0.1) is 0 Å². The number of carbonyl (C=O) groups is 1. The van der Waals surface area contributed by atoms with Crippen LogP contribution in [0.1, 0.15) is 18.2 Å². The monoisotopic (exact) mass is 427 g/mol. The third-order valence-electron chi connectivity index (χ3n) is 5.50. The van der Waals surface area contributed by atoms with Crippen molar-refractivity contribution in [1.82, 2.24) is 9.78 Å². The number of hydrogen-bond acceptors (Lipinski definition) is 5. The molecule has 32 heavy (non-hydrogen) atoms. The van der Waals surface area contributed by atoms with Gasteiger partial charge in [0.25, 0.3) is 0 Å². The minimum atomic E-state index is -0.500. The minimum absolute atomic E-state index is 0.0385. The second-order valence-corrected chi connectivity index (χ2v) is 7.49. The third kappa shape index (κ3) is 2.70. The van der Waals surface area contributed by atoms with Crippen molar-refractivity contribution < 1.29 is 24.8 Å². The van der Waals surface area contributed by atoms with Crippen molar-refractivity contribution in [3.63, 3.8) is 0 Å². The molecule has 0 unspecified atom stereocenters. The average Bonchev–Trinajstić information content (AvgIpc) is 3.26.